The molecule has 0 spiro atoms. The molecule has 0 saturated carbocycles. The molecule has 4 aromatic rings. The molecule has 2 aromatic carbocycles. The molecule has 0 aliphatic carbocycles. The Morgan fingerprint density at radius 2 is 1.81 bits per heavy atom. The monoisotopic (exact) mass is 507 g/mol. The first-order valence-corrected chi connectivity index (χ1v) is 11.8. The number of halogens is 1. The van der Waals surface area contributed by atoms with Gasteiger partial charge in [-0.15, -0.1) is 0 Å². The Hall–Kier alpha value is -3.93. The van der Waals surface area contributed by atoms with Crippen molar-refractivity contribution in [2.75, 3.05) is 20.2 Å². The molecule has 1 fully saturated rings. The summed E-state index contributed by atoms with van der Waals surface area (Å²) in [6, 6.07) is 12.2. The number of piperidine rings is 1. The highest BCUT2D eigenvalue weighted by atomic mass is 19.1. The van der Waals surface area contributed by atoms with E-state index < -0.39 is 17.7 Å². The van der Waals surface area contributed by atoms with Crippen LogP contribution < -0.4 is 5.56 Å². The number of aliphatic hydroxyl groups is 2. The lowest BCUT2D eigenvalue weighted by Gasteiger charge is -2.38. The van der Waals surface area contributed by atoms with Gasteiger partial charge in [0.2, 0.25) is 0 Å². The zero-order valence-electron chi connectivity index (χ0n) is 20.1. The Morgan fingerprint density at radius 1 is 1.14 bits per heavy atom. The van der Waals surface area contributed by atoms with E-state index in [2.05, 4.69) is 10.1 Å². The second-order valence-corrected chi connectivity index (χ2v) is 9.17. The number of fused-ring (bicyclic) bond motifs is 1. The van der Waals surface area contributed by atoms with E-state index in [1.165, 1.54) is 53.1 Å². The minimum absolute atomic E-state index is 0.0299. The van der Waals surface area contributed by atoms with Crippen LogP contribution in [0.5, 0.6) is 0 Å². The zero-order chi connectivity index (χ0) is 26.2. The largest absolute Gasteiger partial charge is 0.388 e. The molecule has 1 atom stereocenters. The van der Waals surface area contributed by atoms with Gasteiger partial charge in [-0.3, -0.25) is 14.2 Å². The number of carbonyl (C=O) groups is 1. The summed E-state index contributed by atoms with van der Waals surface area (Å²) in [4.78, 5) is 31.9. The normalized spacial score (nSPS) is 16.2. The van der Waals surface area contributed by atoms with Crippen LogP contribution in [0, 0.1) is 5.82 Å². The van der Waals surface area contributed by atoms with Crippen LogP contribution in [0.25, 0.3) is 16.7 Å². The fraction of sp³-hybridized carbons (Fsp3) is 0.308. The van der Waals surface area contributed by atoms with E-state index in [1.807, 2.05) is 0 Å². The van der Waals surface area contributed by atoms with E-state index >= 15 is 0 Å². The summed E-state index contributed by atoms with van der Waals surface area (Å²) >= 11 is 0. The molecule has 10 nitrogen and oxygen atoms in total. The van der Waals surface area contributed by atoms with Crippen LogP contribution in [0.2, 0.25) is 0 Å². The number of rotatable bonds is 6. The number of amides is 1. The summed E-state index contributed by atoms with van der Waals surface area (Å²) in [5, 5.41) is 25.6. The number of aromatic nitrogens is 4. The predicted octanol–water partition coefficient (Wildman–Crippen LogP) is 2.03. The van der Waals surface area contributed by atoms with E-state index in [1.54, 1.807) is 29.2 Å². The van der Waals surface area contributed by atoms with E-state index in [-0.39, 0.29) is 30.9 Å². The summed E-state index contributed by atoms with van der Waals surface area (Å²) in [6.45, 7) is 0.647. The Bertz CT molecular complexity index is 1470. The molecule has 1 saturated heterocycles. The van der Waals surface area contributed by atoms with Gasteiger partial charge in [0.1, 0.15) is 17.5 Å². The lowest BCUT2D eigenvalue weighted by Crippen LogP contribution is -2.49. The molecule has 1 aliphatic rings. The van der Waals surface area contributed by atoms with Gasteiger partial charge in [0.25, 0.3) is 11.5 Å². The van der Waals surface area contributed by atoms with E-state index in [4.69, 9.17) is 4.74 Å². The maximum absolute atomic E-state index is 13.2. The molecule has 3 heterocycles. The quantitative estimate of drug-likeness (QED) is 0.383. The van der Waals surface area contributed by atoms with Crippen molar-refractivity contribution >= 4 is 16.9 Å². The molecule has 2 aromatic heterocycles. The number of aliphatic hydroxyl groups excluding tert-OH is 1. The van der Waals surface area contributed by atoms with Gasteiger partial charge in [0.15, 0.2) is 11.9 Å². The fourth-order valence-electron chi connectivity index (χ4n) is 4.54. The van der Waals surface area contributed by atoms with Crippen LogP contribution in [-0.4, -0.2) is 66.2 Å². The summed E-state index contributed by atoms with van der Waals surface area (Å²) < 4.78 is 21.0. The number of nitrogens with zero attached hydrogens (tertiary/aromatic N) is 5. The van der Waals surface area contributed by atoms with Crippen molar-refractivity contribution in [2.24, 2.45) is 0 Å². The molecule has 2 N–H and O–H groups in total. The summed E-state index contributed by atoms with van der Waals surface area (Å²) in [5.74, 6) is -0.634. The molecule has 1 unspecified atom stereocenters. The van der Waals surface area contributed by atoms with Gasteiger partial charge in [-0.2, -0.15) is 5.10 Å². The van der Waals surface area contributed by atoms with Crippen LogP contribution in [0.1, 0.15) is 35.1 Å². The maximum atomic E-state index is 13.2. The van der Waals surface area contributed by atoms with Gasteiger partial charge < -0.3 is 19.8 Å². The minimum Gasteiger partial charge on any atom is -0.388 e. The topological polar surface area (TPSA) is 123 Å². The third kappa shape index (κ3) is 4.88. The summed E-state index contributed by atoms with van der Waals surface area (Å²) in [5.41, 5.74) is 0.473. The van der Waals surface area contributed by atoms with Crippen LogP contribution in [0.3, 0.4) is 0 Å². The SMILES string of the molecule is COC(O)c1ccc(-n2ncc3c(=O)n(CC4(O)CCN(C(=O)c5ccc(F)cc5)CC4)cnc32)cc1. The smallest absolute Gasteiger partial charge is 0.264 e. The number of hydrogen-bond acceptors (Lipinski definition) is 7. The first-order chi connectivity index (χ1) is 17.8. The van der Waals surface area contributed by atoms with Gasteiger partial charge in [0, 0.05) is 31.3 Å². The van der Waals surface area contributed by atoms with Crippen molar-refractivity contribution in [3.63, 3.8) is 0 Å². The van der Waals surface area contributed by atoms with E-state index in [0.717, 1.165) is 0 Å². The molecule has 0 radical (unpaired) electrons. The van der Waals surface area contributed by atoms with Crippen LogP contribution in [0.4, 0.5) is 4.39 Å². The second kappa shape index (κ2) is 9.85. The average molecular weight is 508 g/mol. The molecular weight excluding hydrogens is 481 g/mol. The molecule has 11 heteroatoms. The van der Waals surface area contributed by atoms with Crippen LogP contribution in [-0.2, 0) is 11.3 Å². The van der Waals surface area contributed by atoms with Crippen LogP contribution >= 0.6 is 0 Å². The third-order valence-corrected chi connectivity index (χ3v) is 6.74. The molecule has 0 bridgehead atoms. The molecular formula is C26H26FN5O5. The number of benzene rings is 2. The van der Waals surface area contributed by atoms with Gasteiger partial charge in [0.05, 0.1) is 24.0 Å². The fourth-order valence-corrected chi connectivity index (χ4v) is 4.54. The first-order valence-electron chi connectivity index (χ1n) is 11.8. The average Bonchev–Trinajstić information content (AvgIpc) is 3.35. The van der Waals surface area contributed by atoms with Crippen molar-refractivity contribution in [3.05, 3.63) is 88.4 Å². The van der Waals surface area contributed by atoms with E-state index in [0.29, 0.717) is 40.9 Å². The zero-order valence-corrected chi connectivity index (χ0v) is 20.1. The molecule has 1 aliphatic heterocycles. The Morgan fingerprint density at radius 3 is 2.46 bits per heavy atom. The number of carbonyl (C=O) groups excluding carboxylic acids is 1. The Labute approximate surface area is 211 Å². The predicted molar refractivity (Wildman–Crippen MR) is 132 cm³/mol. The lowest BCUT2D eigenvalue weighted by molar-refractivity contribution is -0.0769. The summed E-state index contributed by atoms with van der Waals surface area (Å²) in [6.07, 6.45) is 2.35. The summed E-state index contributed by atoms with van der Waals surface area (Å²) in [7, 11) is 1.40. The van der Waals surface area contributed by atoms with Crippen molar-refractivity contribution in [1.82, 2.24) is 24.2 Å². The molecule has 37 heavy (non-hydrogen) atoms. The highest BCUT2D eigenvalue weighted by molar-refractivity contribution is 5.94. The first kappa shape index (κ1) is 24.8. The van der Waals surface area contributed by atoms with Gasteiger partial charge in [-0.25, -0.2) is 14.1 Å². The van der Waals surface area contributed by atoms with Crippen molar-refractivity contribution in [2.45, 2.75) is 31.3 Å². The number of likely N-dealkylation sites (tertiary alicyclic amines) is 1. The highest BCUT2D eigenvalue weighted by Crippen LogP contribution is 2.25. The van der Waals surface area contributed by atoms with Gasteiger partial charge in [-0.05, 0) is 49.2 Å². The number of hydrogen-bond donors (Lipinski definition) is 2. The van der Waals surface area contributed by atoms with Crippen molar-refractivity contribution in [1.29, 1.82) is 0 Å². The van der Waals surface area contributed by atoms with E-state index in [9.17, 15) is 24.2 Å². The van der Waals surface area contributed by atoms with Gasteiger partial charge in [-0.1, -0.05) is 12.1 Å². The third-order valence-electron chi connectivity index (χ3n) is 6.74. The Kier molecular flexibility index (Phi) is 6.59. The van der Waals surface area contributed by atoms with Crippen molar-refractivity contribution in [3.8, 4) is 5.69 Å². The van der Waals surface area contributed by atoms with Crippen LogP contribution in [0.15, 0.2) is 65.8 Å². The number of methoxy groups -OCH3 is 1. The second-order valence-electron chi connectivity index (χ2n) is 9.17. The minimum atomic E-state index is -1.19. The van der Waals surface area contributed by atoms with Gasteiger partial charge >= 0.3 is 0 Å². The number of ether oxygens (including phenoxy) is 1. The maximum Gasteiger partial charge on any atom is 0.264 e. The standard InChI is InChI=1S/C26H26FN5O5/c1-37-25(35)18-4-8-20(9-5-18)32-22-21(14-29-32)24(34)31(16-28-22)15-26(36)10-12-30(13-11-26)23(33)17-2-6-19(27)7-3-17/h2-9,14,16,25,35-36H,10-13,15H2,1H3. The highest BCUT2D eigenvalue weighted by Gasteiger charge is 2.35. The molecule has 192 valence electrons. The van der Waals surface area contributed by atoms with Crippen molar-refractivity contribution < 1.29 is 24.1 Å². The lowest BCUT2D eigenvalue weighted by atomic mass is 9.91. The molecule has 1 amide bonds. The molecule has 5 rings (SSSR count). The Balaban J connectivity index is 1.30.